The lowest BCUT2D eigenvalue weighted by Crippen LogP contribution is -2.14. The van der Waals surface area contributed by atoms with E-state index in [0.29, 0.717) is 11.5 Å². The van der Waals surface area contributed by atoms with Gasteiger partial charge in [-0.25, -0.2) is 12.8 Å². The summed E-state index contributed by atoms with van der Waals surface area (Å²) in [6.07, 6.45) is 0. The zero-order valence-electron chi connectivity index (χ0n) is 11.5. The lowest BCUT2D eigenvalue weighted by Gasteiger charge is -2.12. The van der Waals surface area contributed by atoms with Crippen molar-refractivity contribution in [1.82, 2.24) is 0 Å². The third kappa shape index (κ3) is 3.25. The van der Waals surface area contributed by atoms with Gasteiger partial charge in [-0.1, -0.05) is 12.1 Å². The summed E-state index contributed by atoms with van der Waals surface area (Å²) in [5.74, 6) is 0.0167. The Bertz CT molecular complexity index is 746. The Kier molecular flexibility index (Phi) is 4.32. The predicted octanol–water partition coefficient (Wildman–Crippen LogP) is 2.64. The maximum absolute atomic E-state index is 13.6. The fraction of sp³-hybridized carbons (Fsp3) is 0.143. The van der Waals surface area contributed by atoms with Crippen LogP contribution >= 0.6 is 0 Å². The molecule has 0 aliphatic carbocycles. The second kappa shape index (κ2) is 6.01. The number of nitrogens with one attached hydrogen (secondary N) is 1. The van der Waals surface area contributed by atoms with Crippen molar-refractivity contribution in [2.75, 3.05) is 18.9 Å². The summed E-state index contributed by atoms with van der Waals surface area (Å²) in [4.78, 5) is -0.417. The Morgan fingerprint density at radius 1 is 1.00 bits per heavy atom. The number of ether oxygens (including phenoxy) is 2. The molecule has 112 valence electrons. The van der Waals surface area contributed by atoms with E-state index in [9.17, 15) is 12.8 Å². The maximum atomic E-state index is 13.6. The summed E-state index contributed by atoms with van der Waals surface area (Å²) < 4.78 is 50.3. The number of sulfonamides is 1. The highest BCUT2D eigenvalue weighted by molar-refractivity contribution is 7.92. The molecule has 0 radical (unpaired) electrons. The molecular formula is C14H14FNO4S. The quantitative estimate of drug-likeness (QED) is 0.922. The minimum atomic E-state index is -4.01. The molecule has 0 spiro atoms. The zero-order valence-corrected chi connectivity index (χ0v) is 12.3. The van der Waals surface area contributed by atoms with Gasteiger partial charge < -0.3 is 9.47 Å². The second-order valence-corrected chi connectivity index (χ2v) is 5.76. The van der Waals surface area contributed by atoms with Crippen LogP contribution in [0.3, 0.4) is 0 Å². The molecule has 0 unspecified atom stereocenters. The summed E-state index contributed by atoms with van der Waals surface area (Å²) in [6.45, 7) is 0. The molecular weight excluding hydrogens is 297 g/mol. The van der Waals surface area contributed by atoms with Crippen molar-refractivity contribution in [3.05, 3.63) is 48.3 Å². The van der Waals surface area contributed by atoms with E-state index in [1.54, 1.807) is 6.07 Å². The smallest absolute Gasteiger partial charge is 0.264 e. The molecule has 1 N–H and O–H groups in total. The van der Waals surface area contributed by atoms with Gasteiger partial charge in [-0.2, -0.15) is 0 Å². The first-order chi connectivity index (χ1) is 9.97. The average molecular weight is 311 g/mol. The van der Waals surface area contributed by atoms with E-state index in [0.717, 1.165) is 6.07 Å². The molecule has 5 nitrogen and oxygen atoms in total. The Balaban J connectivity index is 2.35. The van der Waals surface area contributed by atoms with Crippen LogP contribution in [0.4, 0.5) is 10.1 Å². The molecule has 0 amide bonds. The number of halogens is 1. The number of hydrogen-bond donors (Lipinski definition) is 1. The number of benzene rings is 2. The van der Waals surface area contributed by atoms with Crippen LogP contribution in [0.15, 0.2) is 47.4 Å². The van der Waals surface area contributed by atoms with Crippen LogP contribution < -0.4 is 14.2 Å². The first kappa shape index (κ1) is 15.1. The highest BCUT2D eigenvalue weighted by Gasteiger charge is 2.19. The van der Waals surface area contributed by atoms with Crippen LogP contribution in [0.2, 0.25) is 0 Å². The fourth-order valence-electron chi connectivity index (χ4n) is 1.77. The van der Waals surface area contributed by atoms with E-state index in [-0.39, 0.29) is 5.69 Å². The lowest BCUT2D eigenvalue weighted by molar-refractivity contribution is 0.355. The minimum absolute atomic E-state index is 0.246. The van der Waals surface area contributed by atoms with Gasteiger partial charge in [-0.15, -0.1) is 0 Å². The van der Waals surface area contributed by atoms with Gasteiger partial charge in [-0.3, -0.25) is 4.72 Å². The molecule has 0 heterocycles. The van der Waals surface area contributed by atoms with Gasteiger partial charge in [-0.05, 0) is 24.3 Å². The van der Waals surface area contributed by atoms with Crippen LogP contribution in [-0.2, 0) is 10.0 Å². The van der Waals surface area contributed by atoms with Gasteiger partial charge in [0.25, 0.3) is 10.0 Å². The highest BCUT2D eigenvalue weighted by Crippen LogP contribution is 2.30. The standard InChI is InChI=1S/C14H14FNO4S/c1-19-12-8-7-10(9-13(12)20-2)16-21(17,18)14-6-4-3-5-11(14)15/h3-9,16H,1-2H3. The van der Waals surface area contributed by atoms with Gasteiger partial charge in [0.05, 0.1) is 19.9 Å². The number of methoxy groups -OCH3 is 2. The molecule has 0 aliphatic heterocycles. The summed E-state index contributed by atoms with van der Waals surface area (Å²) in [5.41, 5.74) is 0.246. The molecule has 0 aliphatic rings. The van der Waals surface area contributed by atoms with Crippen molar-refractivity contribution >= 4 is 15.7 Å². The van der Waals surface area contributed by atoms with E-state index >= 15 is 0 Å². The first-order valence-corrected chi connectivity index (χ1v) is 7.45. The van der Waals surface area contributed by atoms with E-state index in [1.165, 1.54) is 44.6 Å². The van der Waals surface area contributed by atoms with Crippen LogP contribution in [0, 0.1) is 5.82 Å². The molecule has 2 aromatic carbocycles. The Hall–Kier alpha value is -2.28. The number of anilines is 1. The highest BCUT2D eigenvalue weighted by atomic mass is 32.2. The maximum Gasteiger partial charge on any atom is 0.264 e. The predicted molar refractivity (Wildman–Crippen MR) is 76.8 cm³/mol. The van der Waals surface area contributed by atoms with Gasteiger partial charge in [0, 0.05) is 6.07 Å². The third-order valence-corrected chi connectivity index (χ3v) is 4.18. The zero-order chi connectivity index (χ0) is 15.5. The second-order valence-electron chi connectivity index (χ2n) is 4.11. The molecule has 0 bridgehead atoms. The molecule has 7 heteroatoms. The fourth-order valence-corrected chi connectivity index (χ4v) is 2.90. The topological polar surface area (TPSA) is 64.6 Å². The molecule has 0 fully saturated rings. The summed E-state index contributed by atoms with van der Waals surface area (Å²) in [5, 5.41) is 0. The number of rotatable bonds is 5. The number of hydrogen-bond acceptors (Lipinski definition) is 4. The van der Waals surface area contributed by atoms with E-state index in [1.807, 2.05) is 0 Å². The molecule has 0 saturated heterocycles. The molecule has 0 saturated carbocycles. The van der Waals surface area contributed by atoms with Crippen molar-refractivity contribution in [3.8, 4) is 11.5 Å². The summed E-state index contributed by atoms with van der Waals surface area (Å²) in [7, 11) is -1.10. The van der Waals surface area contributed by atoms with Crippen molar-refractivity contribution in [3.63, 3.8) is 0 Å². The van der Waals surface area contributed by atoms with Crippen molar-refractivity contribution in [1.29, 1.82) is 0 Å². The molecule has 2 aromatic rings. The third-order valence-electron chi connectivity index (χ3n) is 2.76. The average Bonchev–Trinajstić information content (AvgIpc) is 2.47. The van der Waals surface area contributed by atoms with Crippen LogP contribution in [0.1, 0.15) is 0 Å². The summed E-state index contributed by atoms with van der Waals surface area (Å²) in [6, 6.07) is 9.66. The van der Waals surface area contributed by atoms with E-state index in [4.69, 9.17) is 9.47 Å². The van der Waals surface area contributed by atoms with Gasteiger partial charge >= 0.3 is 0 Å². The van der Waals surface area contributed by atoms with Gasteiger partial charge in [0.2, 0.25) is 0 Å². The lowest BCUT2D eigenvalue weighted by atomic mass is 10.3. The molecule has 0 atom stereocenters. The Morgan fingerprint density at radius 3 is 2.29 bits per heavy atom. The van der Waals surface area contributed by atoms with Gasteiger partial charge in [0.15, 0.2) is 11.5 Å². The Morgan fingerprint density at radius 2 is 1.67 bits per heavy atom. The molecule has 21 heavy (non-hydrogen) atoms. The minimum Gasteiger partial charge on any atom is -0.493 e. The monoisotopic (exact) mass is 311 g/mol. The van der Waals surface area contributed by atoms with Crippen LogP contribution in [0.25, 0.3) is 0 Å². The van der Waals surface area contributed by atoms with E-state index in [2.05, 4.69) is 4.72 Å². The molecule has 2 rings (SSSR count). The summed E-state index contributed by atoms with van der Waals surface area (Å²) >= 11 is 0. The van der Waals surface area contributed by atoms with Gasteiger partial charge in [0.1, 0.15) is 10.7 Å². The Labute approximate surface area is 122 Å². The normalized spacial score (nSPS) is 11.0. The first-order valence-electron chi connectivity index (χ1n) is 5.97. The largest absolute Gasteiger partial charge is 0.493 e. The van der Waals surface area contributed by atoms with Crippen LogP contribution in [0.5, 0.6) is 11.5 Å². The van der Waals surface area contributed by atoms with Crippen molar-refractivity contribution in [2.45, 2.75) is 4.90 Å². The van der Waals surface area contributed by atoms with Crippen molar-refractivity contribution < 1.29 is 22.3 Å². The SMILES string of the molecule is COc1ccc(NS(=O)(=O)c2ccccc2F)cc1OC. The molecule has 0 aromatic heterocycles. The van der Waals surface area contributed by atoms with E-state index < -0.39 is 20.7 Å². The van der Waals surface area contributed by atoms with Crippen LogP contribution in [-0.4, -0.2) is 22.6 Å². The van der Waals surface area contributed by atoms with Crippen molar-refractivity contribution in [2.24, 2.45) is 0 Å².